The highest BCUT2D eigenvalue weighted by atomic mass is 19.2. The van der Waals surface area contributed by atoms with E-state index in [4.69, 9.17) is 4.74 Å². The predicted octanol–water partition coefficient (Wildman–Crippen LogP) is 2.54. The second-order valence-corrected chi connectivity index (χ2v) is 5.51. The zero-order valence-electron chi connectivity index (χ0n) is 14.4. The molecular formula is C18H14F4N2O4. The highest BCUT2D eigenvalue weighted by Crippen LogP contribution is 2.19. The Kier molecular flexibility index (Phi) is 6.69. The van der Waals surface area contributed by atoms with Gasteiger partial charge in [0.15, 0.2) is 23.6 Å². The summed E-state index contributed by atoms with van der Waals surface area (Å²) in [5.74, 6) is -8.50. The van der Waals surface area contributed by atoms with Crippen LogP contribution in [0.25, 0.3) is 0 Å². The van der Waals surface area contributed by atoms with Crippen LogP contribution in [0.5, 0.6) is 0 Å². The quantitative estimate of drug-likeness (QED) is 0.445. The Hall–Kier alpha value is -3.43. The molecule has 0 saturated heterocycles. The first-order valence-electron chi connectivity index (χ1n) is 7.87. The second-order valence-electron chi connectivity index (χ2n) is 5.51. The van der Waals surface area contributed by atoms with Crippen molar-refractivity contribution in [3.8, 4) is 0 Å². The Bertz CT molecular complexity index is 920. The molecule has 148 valence electrons. The Balaban J connectivity index is 1.88. The van der Waals surface area contributed by atoms with Crippen molar-refractivity contribution in [2.24, 2.45) is 0 Å². The van der Waals surface area contributed by atoms with Crippen LogP contribution in [0.15, 0.2) is 36.4 Å². The van der Waals surface area contributed by atoms with Gasteiger partial charge in [0.05, 0.1) is 11.3 Å². The molecule has 0 fully saturated rings. The van der Waals surface area contributed by atoms with Crippen LogP contribution in [-0.2, 0) is 14.3 Å². The van der Waals surface area contributed by atoms with Gasteiger partial charge in [0.1, 0.15) is 12.4 Å². The Morgan fingerprint density at radius 1 is 0.964 bits per heavy atom. The second kappa shape index (κ2) is 8.98. The van der Waals surface area contributed by atoms with E-state index < -0.39 is 59.4 Å². The van der Waals surface area contributed by atoms with Gasteiger partial charge in [-0.3, -0.25) is 14.4 Å². The van der Waals surface area contributed by atoms with Crippen LogP contribution in [0.3, 0.4) is 0 Å². The Morgan fingerprint density at radius 2 is 1.64 bits per heavy atom. The van der Waals surface area contributed by atoms with E-state index in [9.17, 15) is 31.9 Å². The molecule has 10 heteroatoms. The number of hydrogen-bond donors (Lipinski definition) is 2. The molecule has 0 aliphatic carbocycles. The van der Waals surface area contributed by atoms with Crippen molar-refractivity contribution in [2.45, 2.75) is 13.0 Å². The van der Waals surface area contributed by atoms with Gasteiger partial charge in [-0.25, -0.2) is 17.6 Å². The van der Waals surface area contributed by atoms with Gasteiger partial charge in [-0.1, -0.05) is 12.1 Å². The molecule has 0 aliphatic rings. The first-order valence-corrected chi connectivity index (χ1v) is 7.87. The maximum Gasteiger partial charge on any atom is 0.326 e. The molecule has 0 bridgehead atoms. The van der Waals surface area contributed by atoms with Gasteiger partial charge in [-0.15, -0.1) is 0 Å². The van der Waals surface area contributed by atoms with Crippen LogP contribution >= 0.6 is 0 Å². The first-order chi connectivity index (χ1) is 13.2. The largest absolute Gasteiger partial charge is 0.451 e. The van der Waals surface area contributed by atoms with Gasteiger partial charge in [-0.2, -0.15) is 0 Å². The van der Waals surface area contributed by atoms with Crippen molar-refractivity contribution >= 4 is 23.5 Å². The van der Waals surface area contributed by atoms with E-state index in [-0.39, 0.29) is 5.56 Å². The molecule has 0 saturated carbocycles. The van der Waals surface area contributed by atoms with E-state index in [1.165, 1.54) is 18.2 Å². The Morgan fingerprint density at radius 3 is 2.32 bits per heavy atom. The summed E-state index contributed by atoms with van der Waals surface area (Å²) < 4.78 is 57.8. The van der Waals surface area contributed by atoms with Gasteiger partial charge >= 0.3 is 5.97 Å². The van der Waals surface area contributed by atoms with Gasteiger partial charge in [0.25, 0.3) is 11.8 Å². The number of rotatable bonds is 6. The average molecular weight is 398 g/mol. The minimum Gasteiger partial charge on any atom is -0.451 e. The highest BCUT2D eigenvalue weighted by Gasteiger charge is 2.22. The first kappa shape index (κ1) is 20.9. The van der Waals surface area contributed by atoms with Crippen molar-refractivity contribution in [1.82, 2.24) is 5.32 Å². The third kappa shape index (κ3) is 5.06. The SMILES string of the molecule is C[C@@H](OC(=O)CNC(=O)c1ccccc1F)C(=O)Nc1ccc(F)c(F)c1F. The molecule has 0 aliphatic heterocycles. The average Bonchev–Trinajstić information content (AvgIpc) is 2.66. The lowest BCUT2D eigenvalue weighted by Gasteiger charge is -2.14. The summed E-state index contributed by atoms with van der Waals surface area (Å²) in [4.78, 5) is 35.4. The molecule has 0 spiro atoms. The number of halogens is 4. The number of anilines is 1. The fourth-order valence-electron chi connectivity index (χ4n) is 2.04. The number of amides is 2. The summed E-state index contributed by atoms with van der Waals surface area (Å²) in [6.07, 6.45) is -1.44. The van der Waals surface area contributed by atoms with Gasteiger partial charge in [-0.05, 0) is 31.2 Å². The number of nitrogens with one attached hydrogen (secondary N) is 2. The molecule has 2 amide bonds. The van der Waals surface area contributed by atoms with Crippen LogP contribution in [0.1, 0.15) is 17.3 Å². The van der Waals surface area contributed by atoms with E-state index in [0.29, 0.717) is 6.07 Å². The smallest absolute Gasteiger partial charge is 0.326 e. The molecule has 2 N–H and O–H groups in total. The summed E-state index contributed by atoms with van der Waals surface area (Å²) in [5, 5.41) is 4.07. The van der Waals surface area contributed by atoms with E-state index in [1.807, 2.05) is 5.32 Å². The monoisotopic (exact) mass is 398 g/mol. The molecule has 28 heavy (non-hydrogen) atoms. The zero-order valence-corrected chi connectivity index (χ0v) is 14.4. The molecule has 6 nitrogen and oxygen atoms in total. The van der Waals surface area contributed by atoms with Crippen molar-refractivity contribution in [2.75, 3.05) is 11.9 Å². The molecule has 2 rings (SSSR count). The Labute approximate surface area is 156 Å². The van der Waals surface area contributed by atoms with Crippen molar-refractivity contribution in [3.63, 3.8) is 0 Å². The molecule has 0 heterocycles. The van der Waals surface area contributed by atoms with Crippen LogP contribution in [0.4, 0.5) is 23.2 Å². The van der Waals surface area contributed by atoms with Gasteiger partial charge < -0.3 is 15.4 Å². The molecule has 2 aromatic rings. The minimum atomic E-state index is -1.77. The number of esters is 1. The summed E-state index contributed by atoms with van der Waals surface area (Å²) in [7, 11) is 0. The lowest BCUT2D eigenvalue weighted by Crippen LogP contribution is -2.36. The molecule has 2 aromatic carbocycles. The maximum absolute atomic E-state index is 13.5. The number of benzene rings is 2. The molecule has 0 aromatic heterocycles. The third-order valence-corrected chi connectivity index (χ3v) is 3.48. The van der Waals surface area contributed by atoms with E-state index >= 15 is 0 Å². The number of hydrogen-bond acceptors (Lipinski definition) is 4. The predicted molar refractivity (Wildman–Crippen MR) is 89.2 cm³/mol. The minimum absolute atomic E-state index is 0.282. The van der Waals surface area contributed by atoms with E-state index in [0.717, 1.165) is 19.1 Å². The number of ether oxygens (including phenoxy) is 1. The van der Waals surface area contributed by atoms with E-state index in [1.54, 1.807) is 0 Å². The van der Waals surface area contributed by atoms with Gasteiger partial charge in [0.2, 0.25) is 0 Å². The number of carbonyl (C=O) groups excluding carboxylic acids is 3. The summed E-state index contributed by atoms with van der Waals surface area (Å²) in [6, 6.07) is 6.51. The molecule has 1 atom stereocenters. The van der Waals surface area contributed by atoms with Gasteiger partial charge in [0, 0.05) is 0 Å². The van der Waals surface area contributed by atoms with Crippen LogP contribution in [0.2, 0.25) is 0 Å². The lowest BCUT2D eigenvalue weighted by molar-refractivity contribution is -0.152. The lowest BCUT2D eigenvalue weighted by atomic mass is 10.2. The topological polar surface area (TPSA) is 84.5 Å². The standard InChI is InChI=1S/C18H14F4N2O4/c1-9(17(26)24-13-7-6-12(20)15(21)16(13)22)28-14(25)8-23-18(27)10-4-2-3-5-11(10)19/h2-7,9H,8H2,1H3,(H,23,27)(H,24,26)/t9-/m1/s1. The van der Waals surface area contributed by atoms with Crippen molar-refractivity contribution < 1.29 is 36.7 Å². The van der Waals surface area contributed by atoms with Crippen LogP contribution in [-0.4, -0.2) is 30.4 Å². The fraction of sp³-hybridized carbons (Fsp3) is 0.167. The van der Waals surface area contributed by atoms with E-state index in [2.05, 4.69) is 5.32 Å². The van der Waals surface area contributed by atoms with Crippen molar-refractivity contribution in [1.29, 1.82) is 0 Å². The normalized spacial score (nSPS) is 11.5. The summed E-state index contributed by atoms with van der Waals surface area (Å²) in [6.45, 7) is 0.480. The van der Waals surface area contributed by atoms with Crippen LogP contribution < -0.4 is 10.6 Å². The summed E-state index contributed by atoms with van der Waals surface area (Å²) >= 11 is 0. The highest BCUT2D eigenvalue weighted by molar-refractivity contribution is 5.97. The summed E-state index contributed by atoms with van der Waals surface area (Å²) in [5.41, 5.74) is -0.922. The zero-order chi connectivity index (χ0) is 20.8. The fourth-order valence-corrected chi connectivity index (χ4v) is 2.04. The number of carbonyl (C=O) groups is 3. The molecular weight excluding hydrogens is 384 g/mol. The molecule has 0 radical (unpaired) electrons. The molecule has 0 unspecified atom stereocenters. The van der Waals surface area contributed by atoms with Crippen molar-refractivity contribution in [3.05, 3.63) is 65.2 Å². The van der Waals surface area contributed by atoms with Crippen LogP contribution in [0, 0.1) is 23.3 Å². The maximum atomic E-state index is 13.5. The third-order valence-electron chi connectivity index (χ3n) is 3.48.